The van der Waals surface area contributed by atoms with Crippen LogP contribution >= 0.6 is 12.4 Å². The summed E-state index contributed by atoms with van der Waals surface area (Å²) in [6.45, 7) is 0.947. The number of nitrogens with one attached hydrogen (secondary N) is 1. The van der Waals surface area contributed by atoms with Gasteiger partial charge in [0.15, 0.2) is 11.5 Å². The van der Waals surface area contributed by atoms with Crippen LogP contribution in [0, 0.1) is 0 Å². The molecule has 2 aliphatic carbocycles. The first-order chi connectivity index (χ1) is 12.1. The highest BCUT2D eigenvalue weighted by Gasteiger charge is 2.40. The summed E-state index contributed by atoms with van der Waals surface area (Å²) in [6.07, 6.45) is 9.53. The van der Waals surface area contributed by atoms with Crippen LogP contribution in [0.4, 0.5) is 0 Å². The van der Waals surface area contributed by atoms with Gasteiger partial charge in [-0.05, 0) is 43.4 Å². The predicted octanol–water partition coefficient (Wildman–Crippen LogP) is 3.43. The van der Waals surface area contributed by atoms with Gasteiger partial charge in [0.25, 0.3) is 0 Å². The first-order valence-electron chi connectivity index (χ1n) is 9.59. The number of carbonyl (C=O) groups excluding carboxylic acids is 1. The van der Waals surface area contributed by atoms with Gasteiger partial charge in [0.1, 0.15) is 0 Å². The second kappa shape index (κ2) is 7.65. The van der Waals surface area contributed by atoms with Gasteiger partial charge in [-0.15, -0.1) is 12.4 Å². The molecule has 0 saturated heterocycles. The average molecular weight is 381 g/mol. The summed E-state index contributed by atoms with van der Waals surface area (Å²) in [4.78, 5) is 12.7. The van der Waals surface area contributed by atoms with E-state index in [0.29, 0.717) is 6.54 Å². The van der Waals surface area contributed by atoms with Crippen molar-refractivity contribution >= 4 is 18.3 Å². The van der Waals surface area contributed by atoms with Crippen molar-refractivity contribution < 1.29 is 14.3 Å². The zero-order valence-corrected chi connectivity index (χ0v) is 16.0. The molecule has 3 N–H and O–H groups in total. The van der Waals surface area contributed by atoms with Crippen LogP contribution in [0.1, 0.15) is 63.4 Å². The molecule has 2 saturated carbocycles. The van der Waals surface area contributed by atoms with Gasteiger partial charge in [-0.3, -0.25) is 4.79 Å². The summed E-state index contributed by atoms with van der Waals surface area (Å²) >= 11 is 0. The molecule has 1 amide bonds. The number of nitrogens with two attached hydrogens (primary N) is 1. The van der Waals surface area contributed by atoms with Crippen LogP contribution in [-0.4, -0.2) is 24.8 Å². The van der Waals surface area contributed by atoms with Crippen LogP contribution in [0.3, 0.4) is 0 Å². The second-order valence-corrected chi connectivity index (χ2v) is 7.95. The SMILES string of the molecule is Cl.NC1(C(=O)NCC2(c3ccc4c(c3)OCO4)CCCCC2)CCCC1. The normalized spacial score (nSPS) is 22.5. The highest BCUT2D eigenvalue weighted by molar-refractivity contribution is 5.86. The molecule has 0 spiro atoms. The smallest absolute Gasteiger partial charge is 0.240 e. The third kappa shape index (κ3) is 3.52. The van der Waals surface area contributed by atoms with Gasteiger partial charge in [-0.25, -0.2) is 0 Å². The van der Waals surface area contributed by atoms with E-state index in [-0.39, 0.29) is 30.5 Å². The maximum Gasteiger partial charge on any atom is 0.240 e. The van der Waals surface area contributed by atoms with E-state index in [1.165, 1.54) is 24.8 Å². The Morgan fingerprint density at radius 3 is 2.38 bits per heavy atom. The van der Waals surface area contributed by atoms with E-state index in [1.54, 1.807) is 0 Å². The molecule has 0 radical (unpaired) electrons. The van der Waals surface area contributed by atoms with Gasteiger partial charge in [0.2, 0.25) is 12.7 Å². The van der Waals surface area contributed by atoms with E-state index in [2.05, 4.69) is 17.4 Å². The lowest BCUT2D eigenvalue weighted by atomic mass is 9.69. The Labute approximate surface area is 161 Å². The van der Waals surface area contributed by atoms with E-state index < -0.39 is 5.54 Å². The van der Waals surface area contributed by atoms with Crippen LogP contribution in [0.5, 0.6) is 11.5 Å². The zero-order chi connectivity index (χ0) is 17.3. The maximum absolute atomic E-state index is 12.7. The number of benzene rings is 1. The molecule has 5 nitrogen and oxygen atoms in total. The van der Waals surface area contributed by atoms with Crippen molar-refractivity contribution in [2.75, 3.05) is 13.3 Å². The van der Waals surface area contributed by atoms with Crippen molar-refractivity contribution in [3.8, 4) is 11.5 Å². The molecule has 6 heteroatoms. The number of amides is 1. The van der Waals surface area contributed by atoms with Crippen molar-refractivity contribution in [3.05, 3.63) is 23.8 Å². The molecule has 2 fully saturated rings. The minimum absolute atomic E-state index is 0. The highest BCUT2D eigenvalue weighted by Crippen LogP contribution is 2.43. The van der Waals surface area contributed by atoms with Crippen molar-refractivity contribution in [3.63, 3.8) is 0 Å². The fraction of sp³-hybridized carbons (Fsp3) is 0.650. The quantitative estimate of drug-likeness (QED) is 0.839. The number of rotatable bonds is 4. The molecule has 1 aliphatic heterocycles. The van der Waals surface area contributed by atoms with Gasteiger partial charge in [-0.1, -0.05) is 38.2 Å². The molecule has 1 aromatic carbocycles. The van der Waals surface area contributed by atoms with Crippen LogP contribution in [0.25, 0.3) is 0 Å². The molecule has 26 heavy (non-hydrogen) atoms. The Morgan fingerprint density at radius 2 is 1.65 bits per heavy atom. The lowest BCUT2D eigenvalue weighted by molar-refractivity contribution is -0.126. The van der Waals surface area contributed by atoms with Crippen LogP contribution in [-0.2, 0) is 10.2 Å². The number of carbonyl (C=O) groups is 1. The van der Waals surface area contributed by atoms with Crippen LogP contribution < -0.4 is 20.5 Å². The van der Waals surface area contributed by atoms with Crippen LogP contribution in [0.15, 0.2) is 18.2 Å². The Morgan fingerprint density at radius 1 is 1.00 bits per heavy atom. The lowest BCUT2D eigenvalue weighted by Crippen LogP contribution is -2.54. The number of ether oxygens (including phenoxy) is 2. The molecule has 0 aromatic heterocycles. The minimum atomic E-state index is -0.662. The molecule has 4 rings (SSSR count). The first kappa shape index (κ1) is 19.3. The van der Waals surface area contributed by atoms with E-state index in [1.807, 2.05) is 6.07 Å². The molecule has 0 unspecified atom stereocenters. The molecular formula is C20H29ClN2O3. The summed E-state index contributed by atoms with van der Waals surface area (Å²) in [5.41, 5.74) is 6.88. The summed E-state index contributed by atoms with van der Waals surface area (Å²) in [7, 11) is 0. The molecule has 0 bridgehead atoms. The van der Waals surface area contributed by atoms with Gasteiger partial charge in [0, 0.05) is 12.0 Å². The molecule has 0 atom stereocenters. The number of hydrogen-bond donors (Lipinski definition) is 2. The fourth-order valence-corrected chi connectivity index (χ4v) is 4.68. The van der Waals surface area contributed by atoms with E-state index >= 15 is 0 Å². The molecular weight excluding hydrogens is 352 g/mol. The van der Waals surface area contributed by atoms with Gasteiger partial charge >= 0.3 is 0 Å². The maximum atomic E-state index is 12.7. The number of hydrogen-bond acceptors (Lipinski definition) is 4. The molecule has 1 heterocycles. The Balaban J connectivity index is 0.00000196. The van der Waals surface area contributed by atoms with E-state index in [9.17, 15) is 4.79 Å². The Kier molecular flexibility index (Phi) is 5.68. The topological polar surface area (TPSA) is 73.6 Å². The fourth-order valence-electron chi connectivity index (χ4n) is 4.68. The van der Waals surface area contributed by atoms with Crippen molar-refractivity contribution in [2.24, 2.45) is 5.73 Å². The second-order valence-electron chi connectivity index (χ2n) is 7.95. The predicted molar refractivity (Wildman–Crippen MR) is 103 cm³/mol. The third-order valence-corrected chi connectivity index (χ3v) is 6.33. The minimum Gasteiger partial charge on any atom is -0.454 e. The largest absolute Gasteiger partial charge is 0.454 e. The molecule has 1 aromatic rings. The molecule has 144 valence electrons. The Hall–Kier alpha value is -1.46. The van der Waals surface area contributed by atoms with Gasteiger partial charge < -0.3 is 20.5 Å². The summed E-state index contributed by atoms with van der Waals surface area (Å²) in [5.74, 6) is 1.65. The van der Waals surface area contributed by atoms with Crippen molar-refractivity contribution in [1.29, 1.82) is 0 Å². The monoisotopic (exact) mass is 380 g/mol. The van der Waals surface area contributed by atoms with Gasteiger partial charge in [-0.2, -0.15) is 0 Å². The summed E-state index contributed by atoms with van der Waals surface area (Å²) < 4.78 is 11.0. The number of fused-ring (bicyclic) bond motifs is 1. The molecule has 3 aliphatic rings. The highest BCUT2D eigenvalue weighted by atomic mass is 35.5. The Bertz CT molecular complexity index is 652. The average Bonchev–Trinajstić information content (AvgIpc) is 3.29. The third-order valence-electron chi connectivity index (χ3n) is 6.33. The summed E-state index contributed by atoms with van der Waals surface area (Å²) in [5, 5.41) is 3.21. The standard InChI is InChI=1S/C20H28N2O3.ClH/c21-20(10-4-5-11-20)18(23)22-13-19(8-2-1-3-9-19)15-6-7-16-17(12-15)25-14-24-16;/h6-7,12H,1-5,8-11,13-14,21H2,(H,22,23);1H. The van der Waals surface area contributed by atoms with E-state index in [4.69, 9.17) is 15.2 Å². The lowest BCUT2D eigenvalue weighted by Gasteiger charge is -2.39. The number of halogens is 1. The zero-order valence-electron chi connectivity index (χ0n) is 15.2. The van der Waals surface area contributed by atoms with Crippen molar-refractivity contribution in [2.45, 2.75) is 68.7 Å². The van der Waals surface area contributed by atoms with Crippen LogP contribution in [0.2, 0.25) is 0 Å². The van der Waals surface area contributed by atoms with Crippen molar-refractivity contribution in [1.82, 2.24) is 5.32 Å². The first-order valence-corrected chi connectivity index (χ1v) is 9.59. The van der Waals surface area contributed by atoms with E-state index in [0.717, 1.165) is 50.0 Å². The summed E-state index contributed by atoms with van der Waals surface area (Å²) in [6, 6.07) is 6.24. The van der Waals surface area contributed by atoms with Gasteiger partial charge in [0.05, 0.1) is 5.54 Å².